The molecule has 45 heavy (non-hydrogen) atoms. The Balaban J connectivity index is 1.47. The number of aromatic nitrogens is 2. The standard InChI is InChI=1S/C33H35F3N4O5/c1-4-22-16-37-15-20(2)27(22)28(41)26-14-21(19-45-24-8-6-5-7-9-24)18-39(26)30(42)25-17-38-40(29(25)33(34,35)36)23-10-12-32(3,13-11-23)31(43)44/h5-9,15-17,21,23,26H,2,4,10-14,18-19H2,1,3H3/p+3/t21?,23?,26-,32?/m1/s1. The largest absolute Gasteiger partial charge is 0.582 e. The van der Waals surface area contributed by atoms with Crippen molar-refractivity contribution >= 4 is 23.9 Å². The number of ketones is 1. The number of carboxylic acids is 1. The maximum Gasteiger partial charge on any atom is 0.434 e. The minimum absolute atomic E-state index is 0.110. The molecule has 2 unspecified atom stereocenters. The predicted octanol–water partition coefficient (Wildman–Crippen LogP) is 4.54. The molecule has 9 nitrogen and oxygen atoms in total. The summed E-state index contributed by atoms with van der Waals surface area (Å²) in [6, 6.07) is 7.56. The van der Waals surface area contributed by atoms with Crippen molar-refractivity contribution < 1.29 is 42.3 Å². The highest BCUT2D eigenvalue weighted by atomic mass is 19.4. The fourth-order valence-corrected chi connectivity index (χ4v) is 6.71. The minimum Gasteiger partial charge on any atom is -0.582 e. The summed E-state index contributed by atoms with van der Waals surface area (Å²) < 4.78 is 49.5. The zero-order valence-corrected chi connectivity index (χ0v) is 25.3. The first kappa shape index (κ1) is 32.2. The van der Waals surface area contributed by atoms with Crippen LogP contribution in [0.3, 0.4) is 0 Å². The fraction of sp³-hybridized carbons (Fsp3) is 0.455. The van der Waals surface area contributed by atoms with E-state index in [1.165, 1.54) is 6.21 Å². The third-order valence-corrected chi connectivity index (χ3v) is 9.35. The highest BCUT2D eigenvalue weighted by Crippen LogP contribution is 2.43. The van der Waals surface area contributed by atoms with Gasteiger partial charge < -0.3 is 9.84 Å². The molecule has 1 saturated carbocycles. The Morgan fingerprint density at radius 2 is 1.89 bits per heavy atom. The molecule has 3 aliphatic rings. The Kier molecular flexibility index (Phi) is 9.06. The molecule has 1 aromatic heterocycles. The normalized spacial score (nSPS) is 26.9. The monoisotopic (exact) mass is 627 g/mol. The van der Waals surface area contributed by atoms with Crippen molar-refractivity contribution in [1.82, 2.24) is 9.78 Å². The number of carbonyl (C=O) groups excluding carboxylic acids is 2. The van der Waals surface area contributed by atoms with Crippen molar-refractivity contribution in [3.8, 4) is 5.75 Å². The van der Waals surface area contributed by atoms with Crippen LogP contribution in [0.2, 0.25) is 0 Å². The number of para-hydroxylation sites is 1. The molecular formula is C33H38F3N4O5+3. The molecule has 12 heteroatoms. The first-order valence-electron chi connectivity index (χ1n) is 15.2. The Labute approximate surface area is 259 Å². The third kappa shape index (κ3) is 6.47. The van der Waals surface area contributed by atoms with E-state index in [9.17, 15) is 32.7 Å². The summed E-state index contributed by atoms with van der Waals surface area (Å²) in [6.07, 6.45) is -1.01. The van der Waals surface area contributed by atoms with Gasteiger partial charge in [-0.1, -0.05) is 31.7 Å². The molecule has 3 heterocycles. The van der Waals surface area contributed by atoms with Crippen LogP contribution in [0.25, 0.3) is 0 Å². The van der Waals surface area contributed by atoms with Gasteiger partial charge >= 0.3 is 18.1 Å². The van der Waals surface area contributed by atoms with E-state index in [4.69, 9.17) is 0 Å². The summed E-state index contributed by atoms with van der Waals surface area (Å²) >= 11 is 0. The summed E-state index contributed by atoms with van der Waals surface area (Å²) in [5, 5.41) is 13.6. The maximum atomic E-state index is 14.7. The molecule has 1 aromatic carbocycles. The molecule has 238 valence electrons. The van der Waals surface area contributed by atoms with E-state index in [1.54, 1.807) is 13.5 Å². The van der Waals surface area contributed by atoms with E-state index in [0.717, 1.165) is 16.6 Å². The van der Waals surface area contributed by atoms with Crippen LogP contribution in [0.15, 0.2) is 64.8 Å². The van der Waals surface area contributed by atoms with E-state index in [1.807, 2.05) is 37.3 Å². The molecule has 1 aliphatic carbocycles. The summed E-state index contributed by atoms with van der Waals surface area (Å²) in [7, 11) is 0. The molecule has 2 aromatic rings. The Morgan fingerprint density at radius 3 is 2.51 bits per heavy atom. The Morgan fingerprint density at radius 1 is 1.20 bits per heavy atom. The van der Waals surface area contributed by atoms with Crippen molar-refractivity contribution in [2.24, 2.45) is 16.3 Å². The lowest BCUT2D eigenvalue weighted by atomic mass is 9.74. The number of aliphatic hydroxyl groups is 1. The quantitative estimate of drug-likeness (QED) is 0.313. The van der Waals surface area contributed by atoms with E-state index < -0.39 is 46.8 Å². The number of likely N-dealkylation sites (tertiary alicyclic amines) is 1. The van der Waals surface area contributed by atoms with Crippen LogP contribution in [0.4, 0.5) is 13.2 Å². The SMILES string of the molecule is C=C1C=N[CH+]C(CC)=C1C(=O)[C@H]1CC(C[OH+]c2ccccc2)C[NH+]1C(=O)c1cnn(C2CCC(C)(C(=O)O)CC2)c1C(F)(F)F. The number of quaternary nitrogens is 1. The zero-order valence-electron chi connectivity index (χ0n) is 25.3. The number of aliphatic carboxylic acids is 1. The molecule has 0 spiro atoms. The highest BCUT2D eigenvalue weighted by Gasteiger charge is 2.52. The number of nitrogens with one attached hydrogen (secondary N) is 1. The maximum absolute atomic E-state index is 14.7. The summed E-state index contributed by atoms with van der Waals surface area (Å²) in [6.45, 7) is 9.42. The minimum atomic E-state index is -4.91. The second-order valence-corrected chi connectivity index (χ2v) is 12.4. The number of allylic oxidation sites excluding steroid dienone is 1. The van der Waals surface area contributed by atoms with Crippen LogP contribution in [0, 0.1) is 17.9 Å². The number of aliphatic imine (C=N–C) groups is 1. The van der Waals surface area contributed by atoms with Crippen molar-refractivity contribution in [3.63, 3.8) is 0 Å². The summed E-state index contributed by atoms with van der Waals surface area (Å²) in [4.78, 5) is 44.2. The average molecular weight is 628 g/mol. The zero-order chi connectivity index (χ0) is 32.5. The van der Waals surface area contributed by atoms with Crippen LogP contribution < -0.4 is 4.90 Å². The van der Waals surface area contributed by atoms with E-state index >= 15 is 0 Å². The van der Waals surface area contributed by atoms with Crippen molar-refractivity contribution in [2.45, 2.75) is 70.6 Å². The van der Waals surface area contributed by atoms with Crippen LogP contribution in [0.1, 0.15) is 74.5 Å². The number of alkyl halides is 3. The average Bonchev–Trinajstić information content (AvgIpc) is 3.66. The second kappa shape index (κ2) is 12.7. The van der Waals surface area contributed by atoms with Gasteiger partial charge in [-0.2, -0.15) is 18.3 Å². The number of dihydropyridines is 1. The smallest absolute Gasteiger partial charge is 0.434 e. The van der Waals surface area contributed by atoms with E-state index in [0.29, 0.717) is 29.7 Å². The lowest BCUT2D eigenvalue weighted by molar-refractivity contribution is -0.818. The summed E-state index contributed by atoms with van der Waals surface area (Å²) in [5.74, 6) is -1.70. The number of aromatic hydroxyl groups is 1. The van der Waals surface area contributed by atoms with Crippen LogP contribution >= 0.6 is 0 Å². The van der Waals surface area contributed by atoms with Crippen molar-refractivity contribution in [1.29, 1.82) is 0 Å². The van der Waals surface area contributed by atoms with Crippen LogP contribution in [-0.4, -0.2) is 62.7 Å². The number of benzene rings is 1. The number of nitrogens with zero attached hydrogens (tertiary/aromatic N) is 3. The van der Waals surface area contributed by atoms with Crippen LogP contribution in [0.5, 0.6) is 5.75 Å². The predicted molar refractivity (Wildman–Crippen MR) is 160 cm³/mol. The number of halogens is 3. The number of hydrogen-bond donors (Lipinski definition) is 2. The topological polar surface area (TPSA) is 119 Å². The molecular weight excluding hydrogens is 589 g/mol. The first-order chi connectivity index (χ1) is 21.3. The van der Waals surface area contributed by atoms with E-state index in [-0.39, 0.29) is 55.2 Å². The summed E-state index contributed by atoms with van der Waals surface area (Å²) in [5.41, 5.74) is -1.38. The number of Topliss-reactive ketones (excluding diaryl/α,β-unsaturated/α-hetero) is 1. The van der Waals surface area contributed by atoms with Gasteiger partial charge in [-0.3, -0.25) is 19.2 Å². The molecule has 3 N–H and O–H groups in total. The van der Waals surface area contributed by atoms with Crippen molar-refractivity contribution in [3.05, 3.63) is 77.6 Å². The Hall–Kier alpha value is -4.19. The molecule has 3 atom stereocenters. The molecule has 2 aliphatic heterocycles. The lowest BCUT2D eigenvalue weighted by Gasteiger charge is -2.34. The second-order valence-electron chi connectivity index (χ2n) is 12.4. The molecule has 0 bridgehead atoms. The number of carboxylic acid groups (broad SMARTS) is 1. The fourth-order valence-electron chi connectivity index (χ4n) is 6.71. The van der Waals surface area contributed by atoms with Crippen molar-refractivity contribution in [2.75, 3.05) is 13.2 Å². The molecule has 2 fully saturated rings. The van der Waals surface area contributed by atoms with Gasteiger partial charge in [0.15, 0.2) is 18.3 Å². The highest BCUT2D eigenvalue weighted by molar-refractivity contribution is 6.11. The lowest BCUT2D eigenvalue weighted by Crippen LogP contribution is -3.17. The van der Waals surface area contributed by atoms with Gasteiger partial charge in [0.2, 0.25) is 0 Å². The van der Waals surface area contributed by atoms with E-state index in [2.05, 4.69) is 21.4 Å². The number of amides is 1. The van der Waals surface area contributed by atoms with Gasteiger partial charge in [-0.25, -0.2) is 4.79 Å². The van der Waals surface area contributed by atoms with Gasteiger partial charge in [0, 0.05) is 18.6 Å². The van der Waals surface area contributed by atoms with Gasteiger partial charge in [0.1, 0.15) is 29.5 Å². The Bertz CT molecular complexity index is 1540. The first-order valence-corrected chi connectivity index (χ1v) is 15.2. The van der Waals surface area contributed by atoms with Gasteiger partial charge in [0.25, 0.3) is 11.5 Å². The molecule has 1 amide bonds. The third-order valence-electron chi connectivity index (χ3n) is 9.35. The van der Waals surface area contributed by atoms with Gasteiger partial charge in [0.05, 0.1) is 35.7 Å². The molecule has 0 radical (unpaired) electrons. The van der Waals surface area contributed by atoms with Gasteiger partial charge in [-0.05, 0) is 39.0 Å². The van der Waals surface area contributed by atoms with Gasteiger partial charge in [-0.15, -0.1) is 4.99 Å². The molecule has 5 rings (SSSR count). The number of rotatable bonds is 9. The number of carbonyl (C=O) groups is 3. The molecule has 1 saturated heterocycles. The van der Waals surface area contributed by atoms with Crippen LogP contribution in [-0.2, 0) is 15.8 Å². The number of hydrogen-bond acceptors (Lipinski definition) is 5. The number of ether oxygens (including phenoxy) is 1.